The highest BCUT2D eigenvalue weighted by atomic mass is 35.5. The highest BCUT2D eigenvalue weighted by molar-refractivity contribution is 8.18. The summed E-state index contributed by atoms with van der Waals surface area (Å²) in [4.78, 5) is 37.9. The predicted octanol–water partition coefficient (Wildman–Crippen LogP) is 5.70. The van der Waals surface area contributed by atoms with Crippen molar-refractivity contribution in [3.8, 4) is 5.75 Å². The molecular formula is C22H18Cl2FNO5S. The molecule has 168 valence electrons. The molecule has 32 heavy (non-hydrogen) atoms. The van der Waals surface area contributed by atoms with E-state index in [9.17, 15) is 18.8 Å². The van der Waals surface area contributed by atoms with E-state index in [1.807, 2.05) is 0 Å². The summed E-state index contributed by atoms with van der Waals surface area (Å²) in [5.41, 5.74) is 1.20. The van der Waals surface area contributed by atoms with E-state index < -0.39 is 23.2 Å². The van der Waals surface area contributed by atoms with Gasteiger partial charge in [0.05, 0.1) is 21.6 Å². The van der Waals surface area contributed by atoms with Gasteiger partial charge >= 0.3 is 5.97 Å². The zero-order valence-corrected chi connectivity index (χ0v) is 19.4. The zero-order chi connectivity index (χ0) is 23.4. The van der Waals surface area contributed by atoms with Gasteiger partial charge in [-0.25, -0.2) is 9.18 Å². The Hall–Kier alpha value is -2.55. The Labute approximate surface area is 198 Å². The third-order valence-electron chi connectivity index (χ3n) is 4.45. The Morgan fingerprint density at radius 2 is 1.81 bits per heavy atom. The molecule has 1 fully saturated rings. The zero-order valence-electron chi connectivity index (χ0n) is 17.1. The number of benzene rings is 2. The summed E-state index contributed by atoms with van der Waals surface area (Å²) in [6.45, 7) is 3.34. The number of hydrogen-bond donors (Lipinski definition) is 0. The van der Waals surface area contributed by atoms with Crippen LogP contribution in [-0.2, 0) is 20.9 Å². The quantitative estimate of drug-likeness (QED) is 0.360. The molecule has 2 aromatic carbocycles. The van der Waals surface area contributed by atoms with Crippen molar-refractivity contribution >= 4 is 58.2 Å². The highest BCUT2D eigenvalue weighted by Crippen LogP contribution is 2.38. The maximum atomic E-state index is 13.0. The van der Waals surface area contributed by atoms with Crippen LogP contribution >= 0.6 is 35.0 Å². The molecule has 0 bridgehead atoms. The Kier molecular flexibility index (Phi) is 7.82. The number of hydrogen-bond acceptors (Lipinski definition) is 6. The number of amides is 2. The van der Waals surface area contributed by atoms with Crippen molar-refractivity contribution in [2.45, 2.75) is 26.5 Å². The molecule has 10 heteroatoms. The molecular weight excluding hydrogens is 480 g/mol. The van der Waals surface area contributed by atoms with Gasteiger partial charge in [0.15, 0.2) is 5.75 Å². The van der Waals surface area contributed by atoms with E-state index in [-0.39, 0.29) is 39.7 Å². The molecule has 1 aliphatic heterocycles. The smallest absolute Gasteiger partial charge is 0.329 e. The number of nitrogens with zero attached hydrogens (tertiary/aromatic N) is 1. The van der Waals surface area contributed by atoms with E-state index in [1.165, 1.54) is 37.3 Å². The summed E-state index contributed by atoms with van der Waals surface area (Å²) in [6.07, 6.45) is 1.46. The van der Waals surface area contributed by atoms with Gasteiger partial charge in [-0.15, -0.1) is 0 Å². The van der Waals surface area contributed by atoms with Crippen molar-refractivity contribution in [1.29, 1.82) is 0 Å². The molecule has 1 atom stereocenters. The van der Waals surface area contributed by atoms with Crippen LogP contribution in [-0.4, -0.2) is 34.7 Å². The van der Waals surface area contributed by atoms with E-state index in [1.54, 1.807) is 19.1 Å². The SMILES string of the molecule is CCOC(=O)[C@@H](C)N1C(=O)S/C(=C/c2cc(Cl)c(OCc3ccc(F)cc3)c(Cl)c2)C1=O. The molecule has 0 N–H and O–H groups in total. The van der Waals surface area contributed by atoms with Crippen LogP contribution in [0.3, 0.4) is 0 Å². The molecule has 0 unspecified atom stereocenters. The second-order valence-electron chi connectivity index (χ2n) is 6.71. The van der Waals surface area contributed by atoms with Gasteiger partial charge in [0.1, 0.15) is 18.5 Å². The van der Waals surface area contributed by atoms with Gasteiger partial charge in [-0.2, -0.15) is 0 Å². The summed E-state index contributed by atoms with van der Waals surface area (Å²) in [5.74, 6) is -1.39. The molecule has 0 aliphatic carbocycles. The third-order valence-corrected chi connectivity index (χ3v) is 5.90. The van der Waals surface area contributed by atoms with Crippen LogP contribution in [0, 0.1) is 5.82 Å². The first-order chi connectivity index (χ1) is 15.2. The van der Waals surface area contributed by atoms with Crippen LogP contribution < -0.4 is 4.74 Å². The molecule has 2 amide bonds. The lowest BCUT2D eigenvalue weighted by atomic mass is 10.2. The summed E-state index contributed by atoms with van der Waals surface area (Å²) >= 11 is 13.3. The number of esters is 1. The standard InChI is InChI=1S/C22H18Cl2FNO5S/c1-3-30-21(28)12(2)26-20(27)18(32-22(26)29)10-14-8-16(23)19(17(24)9-14)31-11-13-4-6-15(25)7-5-13/h4-10,12H,3,11H2,1-2H3/b18-10+/t12-/m1/s1. The molecule has 6 nitrogen and oxygen atoms in total. The number of ether oxygens (including phenoxy) is 2. The van der Waals surface area contributed by atoms with Crippen LogP contribution in [0.25, 0.3) is 6.08 Å². The number of carbonyl (C=O) groups is 3. The lowest BCUT2D eigenvalue weighted by molar-refractivity contribution is -0.150. The fraction of sp³-hybridized carbons (Fsp3) is 0.227. The summed E-state index contributed by atoms with van der Waals surface area (Å²) in [6, 6.07) is 7.84. The lowest BCUT2D eigenvalue weighted by Crippen LogP contribution is -2.42. The third kappa shape index (κ3) is 5.43. The van der Waals surface area contributed by atoms with Crippen molar-refractivity contribution in [3.63, 3.8) is 0 Å². The molecule has 0 saturated carbocycles. The molecule has 1 heterocycles. The molecule has 2 aromatic rings. The fourth-order valence-corrected chi connectivity index (χ4v) is 4.39. The number of carbonyl (C=O) groups excluding carboxylic acids is 3. The normalized spacial score (nSPS) is 15.9. The highest BCUT2D eigenvalue weighted by Gasteiger charge is 2.41. The molecule has 0 spiro atoms. The second-order valence-corrected chi connectivity index (χ2v) is 8.52. The van der Waals surface area contributed by atoms with E-state index in [0.717, 1.165) is 10.5 Å². The van der Waals surface area contributed by atoms with E-state index in [4.69, 9.17) is 32.7 Å². The van der Waals surface area contributed by atoms with E-state index in [0.29, 0.717) is 17.3 Å². The van der Waals surface area contributed by atoms with Gasteiger partial charge in [-0.05, 0) is 67.1 Å². The Morgan fingerprint density at radius 1 is 1.19 bits per heavy atom. The number of thioether (sulfide) groups is 1. The van der Waals surface area contributed by atoms with Crippen LogP contribution in [0.2, 0.25) is 10.0 Å². The van der Waals surface area contributed by atoms with E-state index in [2.05, 4.69) is 0 Å². The van der Waals surface area contributed by atoms with Crippen molar-refractivity contribution in [2.24, 2.45) is 0 Å². The number of imide groups is 1. The van der Waals surface area contributed by atoms with Crippen LogP contribution in [0.4, 0.5) is 9.18 Å². The summed E-state index contributed by atoms with van der Waals surface area (Å²) in [5, 5.41) is -0.173. The first-order valence-corrected chi connectivity index (χ1v) is 11.1. The topological polar surface area (TPSA) is 72.9 Å². The predicted molar refractivity (Wildman–Crippen MR) is 121 cm³/mol. The van der Waals surface area contributed by atoms with Gasteiger partial charge in [-0.3, -0.25) is 14.5 Å². The Balaban J connectivity index is 1.77. The van der Waals surface area contributed by atoms with Crippen molar-refractivity contribution in [1.82, 2.24) is 4.90 Å². The molecule has 0 aromatic heterocycles. The van der Waals surface area contributed by atoms with Gasteiger partial charge in [0, 0.05) is 0 Å². The minimum absolute atomic E-state index is 0.123. The van der Waals surface area contributed by atoms with Gasteiger partial charge in [0.25, 0.3) is 11.1 Å². The molecule has 0 radical (unpaired) electrons. The maximum absolute atomic E-state index is 13.0. The van der Waals surface area contributed by atoms with Crippen LogP contribution in [0.15, 0.2) is 41.3 Å². The summed E-state index contributed by atoms with van der Waals surface area (Å²) < 4.78 is 23.6. The van der Waals surface area contributed by atoms with Crippen molar-refractivity contribution < 1.29 is 28.2 Å². The van der Waals surface area contributed by atoms with Crippen LogP contribution in [0.1, 0.15) is 25.0 Å². The first kappa shape index (κ1) is 24.1. The van der Waals surface area contributed by atoms with Crippen LogP contribution in [0.5, 0.6) is 5.75 Å². The lowest BCUT2D eigenvalue weighted by Gasteiger charge is -2.19. The first-order valence-electron chi connectivity index (χ1n) is 9.51. The molecule has 1 aliphatic rings. The molecule has 1 saturated heterocycles. The largest absolute Gasteiger partial charge is 0.486 e. The maximum Gasteiger partial charge on any atom is 0.329 e. The van der Waals surface area contributed by atoms with E-state index >= 15 is 0 Å². The average molecular weight is 498 g/mol. The van der Waals surface area contributed by atoms with Gasteiger partial charge in [-0.1, -0.05) is 35.3 Å². The summed E-state index contributed by atoms with van der Waals surface area (Å²) in [7, 11) is 0. The minimum atomic E-state index is -1.04. The van der Waals surface area contributed by atoms with Crippen molar-refractivity contribution in [2.75, 3.05) is 6.61 Å². The fourth-order valence-electron chi connectivity index (χ4n) is 2.87. The van der Waals surface area contributed by atoms with Gasteiger partial charge < -0.3 is 9.47 Å². The average Bonchev–Trinajstić information content (AvgIpc) is 3.01. The Morgan fingerprint density at radius 3 is 2.41 bits per heavy atom. The number of halogens is 3. The Bertz CT molecular complexity index is 1070. The van der Waals surface area contributed by atoms with Gasteiger partial charge in [0.2, 0.25) is 0 Å². The second kappa shape index (κ2) is 10.4. The number of rotatable bonds is 7. The van der Waals surface area contributed by atoms with Crippen molar-refractivity contribution in [3.05, 3.63) is 68.3 Å². The monoisotopic (exact) mass is 497 g/mol. The molecule has 3 rings (SSSR count). The minimum Gasteiger partial charge on any atom is -0.486 e.